The summed E-state index contributed by atoms with van der Waals surface area (Å²) in [5, 5.41) is 0. The first-order valence-corrected chi connectivity index (χ1v) is 9.79. The third kappa shape index (κ3) is 4.67. The van der Waals surface area contributed by atoms with E-state index in [2.05, 4.69) is 0 Å². The molecule has 0 N–H and O–H groups in total. The van der Waals surface area contributed by atoms with E-state index in [4.69, 9.17) is 0 Å². The van der Waals surface area contributed by atoms with Crippen molar-refractivity contribution >= 4 is 15.8 Å². The summed E-state index contributed by atoms with van der Waals surface area (Å²) in [6.45, 7) is -0.275. The highest BCUT2D eigenvalue weighted by molar-refractivity contribution is 7.89. The van der Waals surface area contributed by atoms with Crippen molar-refractivity contribution in [3.63, 3.8) is 0 Å². The summed E-state index contributed by atoms with van der Waals surface area (Å²) in [6.07, 6.45) is 0. The molecule has 0 bridgehead atoms. The van der Waals surface area contributed by atoms with E-state index in [0.29, 0.717) is 0 Å². The predicted molar refractivity (Wildman–Crippen MR) is 101 cm³/mol. The first kappa shape index (κ1) is 18.9. The molecule has 0 heterocycles. The van der Waals surface area contributed by atoms with E-state index in [1.165, 1.54) is 36.4 Å². The van der Waals surface area contributed by atoms with E-state index in [1.807, 2.05) is 18.2 Å². The van der Waals surface area contributed by atoms with E-state index >= 15 is 0 Å². The van der Waals surface area contributed by atoms with Crippen LogP contribution in [0.5, 0.6) is 0 Å². The molecule has 3 rings (SSSR count). The number of sulfonamides is 1. The lowest BCUT2D eigenvalue weighted by Gasteiger charge is -2.22. The molecule has 27 heavy (non-hydrogen) atoms. The molecular weight excluding hydrogens is 365 g/mol. The fraction of sp³-hybridized carbons (Fsp3) is 0.0952. The molecule has 4 nitrogen and oxygen atoms in total. The number of Topliss-reactive ketones (excluding diaryl/α,β-unsaturated/α-hetero) is 1. The van der Waals surface area contributed by atoms with Crippen LogP contribution in [-0.2, 0) is 16.6 Å². The molecule has 0 atom stereocenters. The number of hydrogen-bond acceptors (Lipinski definition) is 3. The maximum Gasteiger partial charge on any atom is 0.243 e. The molecule has 0 saturated carbocycles. The molecule has 0 unspecified atom stereocenters. The van der Waals surface area contributed by atoms with Crippen LogP contribution in [0.3, 0.4) is 0 Å². The van der Waals surface area contributed by atoms with Crippen molar-refractivity contribution in [3.8, 4) is 0 Å². The van der Waals surface area contributed by atoms with Crippen LogP contribution < -0.4 is 0 Å². The first-order valence-electron chi connectivity index (χ1n) is 8.35. The summed E-state index contributed by atoms with van der Waals surface area (Å²) in [5.41, 5.74) is 1.03. The number of halogens is 1. The van der Waals surface area contributed by atoms with Crippen molar-refractivity contribution < 1.29 is 17.6 Å². The van der Waals surface area contributed by atoms with Gasteiger partial charge in [-0.05, 0) is 42.0 Å². The number of benzene rings is 3. The monoisotopic (exact) mass is 383 g/mol. The van der Waals surface area contributed by atoms with E-state index in [0.717, 1.165) is 9.87 Å². The van der Waals surface area contributed by atoms with Gasteiger partial charge in [0.15, 0.2) is 5.78 Å². The van der Waals surface area contributed by atoms with Crippen molar-refractivity contribution in [2.75, 3.05) is 6.54 Å². The van der Waals surface area contributed by atoms with Gasteiger partial charge in [0, 0.05) is 12.1 Å². The second kappa shape index (κ2) is 8.24. The van der Waals surface area contributed by atoms with Crippen LogP contribution in [0.25, 0.3) is 0 Å². The third-order valence-electron chi connectivity index (χ3n) is 4.07. The molecule has 0 amide bonds. The normalized spacial score (nSPS) is 11.5. The fourth-order valence-corrected chi connectivity index (χ4v) is 4.05. The Balaban J connectivity index is 1.92. The number of carbonyl (C=O) groups is 1. The Morgan fingerprint density at radius 3 is 1.96 bits per heavy atom. The Hall–Kier alpha value is -2.83. The summed E-state index contributed by atoms with van der Waals surface area (Å²) in [5.74, 6) is -0.852. The lowest BCUT2D eigenvalue weighted by Crippen LogP contribution is -2.35. The number of ketones is 1. The smallest absolute Gasteiger partial charge is 0.243 e. The maximum atomic E-state index is 13.1. The highest BCUT2D eigenvalue weighted by Gasteiger charge is 2.27. The minimum absolute atomic E-state index is 0.0605. The zero-order valence-corrected chi connectivity index (χ0v) is 15.3. The van der Waals surface area contributed by atoms with Gasteiger partial charge in [0.05, 0.1) is 11.4 Å². The van der Waals surface area contributed by atoms with Crippen LogP contribution in [0.2, 0.25) is 0 Å². The van der Waals surface area contributed by atoms with Gasteiger partial charge < -0.3 is 0 Å². The molecule has 0 fully saturated rings. The predicted octanol–water partition coefficient (Wildman–Crippen LogP) is 3.90. The number of hydrogen-bond donors (Lipinski definition) is 0. The molecule has 3 aromatic carbocycles. The van der Waals surface area contributed by atoms with Gasteiger partial charge in [0.2, 0.25) is 10.0 Å². The van der Waals surface area contributed by atoms with Gasteiger partial charge in [-0.3, -0.25) is 4.79 Å². The third-order valence-corrected chi connectivity index (χ3v) is 5.87. The molecule has 6 heteroatoms. The topological polar surface area (TPSA) is 54.5 Å². The molecule has 0 spiro atoms. The van der Waals surface area contributed by atoms with Gasteiger partial charge in [-0.2, -0.15) is 4.31 Å². The summed E-state index contributed by atoms with van der Waals surface area (Å²) in [6, 6.07) is 22.1. The van der Waals surface area contributed by atoms with Gasteiger partial charge in [-0.15, -0.1) is 0 Å². The van der Waals surface area contributed by atoms with E-state index in [9.17, 15) is 17.6 Å². The summed E-state index contributed by atoms with van der Waals surface area (Å²) < 4.78 is 40.4. The fourth-order valence-electron chi connectivity index (χ4n) is 2.64. The van der Waals surface area contributed by atoms with Crippen molar-refractivity contribution in [3.05, 3.63) is 102 Å². The van der Waals surface area contributed by atoms with Crippen LogP contribution in [0.15, 0.2) is 89.8 Å². The Kier molecular flexibility index (Phi) is 5.78. The van der Waals surface area contributed by atoms with Crippen molar-refractivity contribution in [2.45, 2.75) is 11.4 Å². The second-order valence-electron chi connectivity index (χ2n) is 6.00. The second-order valence-corrected chi connectivity index (χ2v) is 7.94. The highest BCUT2D eigenvalue weighted by atomic mass is 32.2. The Morgan fingerprint density at radius 2 is 1.37 bits per heavy atom. The summed E-state index contributed by atoms with van der Waals surface area (Å²) in [4.78, 5) is 12.7. The van der Waals surface area contributed by atoms with E-state index < -0.39 is 21.6 Å². The van der Waals surface area contributed by atoms with Gasteiger partial charge in [0.1, 0.15) is 5.82 Å². The quantitative estimate of drug-likeness (QED) is 0.582. The van der Waals surface area contributed by atoms with Crippen LogP contribution in [0, 0.1) is 5.82 Å². The maximum absolute atomic E-state index is 13.1. The molecule has 0 aliphatic carbocycles. The largest absolute Gasteiger partial charge is 0.293 e. The average Bonchev–Trinajstić information content (AvgIpc) is 2.69. The standard InChI is InChI=1S/C21H18FNO3S/c22-19-13-11-18(12-14-19)21(24)16-23(15-17-7-3-1-4-8-17)27(25,26)20-9-5-2-6-10-20/h1-14H,15-16H2. The van der Waals surface area contributed by atoms with Gasteiger partial charge in [-0.1, -0.05) is 48.5 Å². The molecule has 3 aromatic rings. The van der Waals surface area contributed by atoms with E-state index in [-0.39, 0.29) is 23.5 Å². The van der Waals surface area contributed by atoms with Crippen molar-refractivity contribution in [1.29, 1.82) is 0 Å². The Bertz CT molecular complexity index is 1000. The summed E-state index contributed by atoms with van der Waals surface area (Å²) >= 11 is 0. The lowest BCUT2D eigenvalue weighted by molar-refractivity contribution is 0.0964. The lowest BCUT2D eigenvalue weighted by atomic mass is 10.1. The molecule has 0 aliphatic heterocycles. The SMILES string of the molecule is O=C(CN(Cc1ccccc1)S(=O)(=O)c1ccccc1)c1ccc(F)cc1. The van der Waals surface area contributed by atoms with Crippen LogP contribution >= 0.6 is 0 Å². The average molecular weight is 383 g/mol. The minimum Gasteiger partial charge on any atom is -0.293 e. The van der Waals surface area contributed by atoms with E-state index in [1.54, 1.807) is 30.3 Å². The molecule has 138 valence electrons. The highest BCUT2D eigenvalue weighted by Crippen LogP contribution is 2.19. The number of rotatable bonds is 7. The molecular formula is C21H18FNO3S. The van der Waals surface area contributed by atoms with Gasteiger partial charge in [-0.25, -0.2) is 12.8 Å². The summed E-state index contributed by atoms with van der Waals surface area (Å²) in [7, 11) is -3.87. The zero-order chi connectivity index (χ0) is 19.3. The van der Waals surface area contributed by atoms with Crippen molar-refractivity contribution in [1.82, 2.24) is 4.31 Å². The number of nitrogens with zero attached hydrogens (tertiary/aromatic N) is 1. The Morgan fingerprint density at radius 1 is 0.815 bits per heavy atom. The zero-order valence-electron chi connectivity index (χ0n) is 14.5. The first-order chi connectivity index (χ1) is 13.0. The Labute approximate surface area is 157 Å². The molecule has 0 aliphatic rings. The van der Waals surface area contributed by atoms with Gasteiger partial charge >= 0.3 is 0 Å². The van der Waals surface area contributed by atoms with Gasteiger partial charge in [0.25, 0.3) is 0 Å². The van der Waals surface area contributed by atoms with Crippen molar-refractivity contribution in [2.24, 2.45) is 0 Å². The van der Waals surface area contributed by atoms with Crippen LogP contribution in [-0.4, -0.2) is 25.1 Å². The van der Waals surface area contributed by atoms with Crippen LogP contribution in [0.1, 0.15) is 15.9 Å². The molecule has 0 radical (unpaired) electrons. The minimum atomic E-state index is -3.87. The van der Waals surface area contributed by atoms with Crippen LogP contribution in [0.4, 0.5) is 4.39 Å². The molecule has 0 aromatic heterocycles. The molecule has 0 saturated heterocycles. The number of carbonyl (C=O) groups excluding carboxylic acids is 1.